The van der Waals surface area contributed by atoms with Crippen LogP contribution in [0.5, 0.6) is 0 Å². The molecule has 0 aromatic carbocycles. The van der Waals surface area contributed by atoms with E-state index in [1.54, 1.807) is 0 Å². The maximum Gasteiger partial charge on any atom is 0.0471 e. The number of aliphatic hydroxyl groups excluding tert-OH is 1. The minimum atomic E-state index is 0.308. The molecule has 0 aromatic rings. The Kier molecular flexibility index (Phi) is 3.34. The fraction of sp³-hybridized carbons (Fsp3) is 1.00. The molecule has 0 heterocycles. The Morgan fingerprint density at radius 2 is 2.18 bits per heavy atom. The lowest BCUT2D eigenvalue weighted by Gasteiger charge is -2.36. The van der Waals surface area contributed by atoms with Gasteiger partial charge in [-0.05, 0) is 31.7 Å². The Labute approximate surface area is 69.0 Å². The molecule has 0 spiro atoms. The molecule has 2 N–H and O–H groups in total. The summed E-state index contributed by atoms with van der Waals surface area (Å²) in [6.45, 7) is 2.42. The van der Waals surface area contributed by atoms with E-state index in [1.165, 1.54) is 19.3 Å². The second kappa shape index (κ2) is 4.07. The van der Waals surface area contributed by atoms with Crippen molar-refractivity contribution >= 4 is 0 Å². The molecule has 0 radical (unpaired) electrons. The Balaban J connectivity index is 2.34. The lowest BCUT2D eigenvalue weighted by atomic mass is 9.75. The molecule has 0 aliphatic heterocycles. The first-order valence-electron chi connectivity index (χ1n) is 4.57. The molecule has 2 atom stereocenters. The lowest BCUT2D eigenvalue weighted by Crippen LogP contribution is -2.43. The third-order valence-electron chi connectivity index (χ3n) is 2.89. The molecule has 1 fully saturated rings. The molecule has 2 unspecified atom stereocenters. The number of hydrogen-bond acceptors (Lipinski definition) is 2. The van der Waals surface area contributed by atoms with Crippen molar-refractivity contribution < 1.29 is 5.11 Å². The minimum Gasteiger partial charge on any atom is -0.396 e. The van der Waals surface area contributed by atoms with Gasteiger partial charge in [0.1, 0.15) is 0 Å². The van der Waals surface area contributed by atoms with E-state index in [1.807, 2.05) is 7.05 Å². The number of nitrogens with one attached hydrogen (secondary N) is 1. The Hall–Kier alpha value is -0.0800. The van der Waals surface area contributed by atoms with E-state index in [0.29, 0.717) is 18.6 Å². The topological polar surface area (TPSA) is 32.3 Å². The fourth-order valence-electron chi connectivity index (χ4n) is 1.90. The van der Waals surface area contributed by atoms with Crippen molar-refractivity contribution in [3.63, 3.8) is 0 Å². The van der Waals surface area contributed by atoms with E-state index >= 15 is 0 Å². The Morgan fingerprint density at radius 3 is 2.45 bits per heavy atom. The molecule has 2 heteroatoms. The van der Waals surface area contributed by atoms with E-state index in [2.05, 4.69) is 12.2 Å². The number of rotatable bonds is 4. The quantitative estimate of drug-likeness (QED) is 0.638. The van der Waals surface area contributed by atoms with Crippen molar-refractivity contribution in [3.05, 3.63) is 0 Å². The van der Waals surface area contributed by atoms with E-state index in [4.69, 9.17) is 5.11 Å². The molecule has 1 rings (SSSR count). The predicted octanol–water partition coefficient (Wildman–Crippen LogP) is 1.00. The molecule has 66 valence electrons. The maximum absolute atomic E-state index is 8.96. The van der Waals surface area contributed by atoms with Gasteiger partial charge < -0.3 is 10.4 Å². The smallest absolute Gasteiger partial charge is 0.0471 e. The van der Waals surface area contributed by atoms with Crippen LogP contribution in [-0.2, 0) is 0 Å². The molecule has 1 saturated carbocycles. The maximum atomic E-state index is 8.96. The Morgan fingerprint density at radius 1 is 1.55 bits per heavy atom. The van der Waals surface area contributed by atoms with Crippen molar-refractivity contribution in [1.29, 1.82) is 0 Å². The first kappa shape index (κ1) is 9.01. The SMILES string of the molecule is CNC(C(C)CO)C1CCC1. The highest BCUT2D eigenvalue weighted by atomic mass is 16.3. The zero-order valence-electron chi connectivity index (χ0n) is 7.51. The zero-order valence-corrected chi connectivity index (χ0v) is 7.51. The van der Waals surface area contributed by atoms with Crippen LogP contribution < -0.4 is 5.32 Å². The molecule has 1 aliphatic rings. The van der Waals surface area contributed by atoms with Crippen LogP contribution in [0.1, 0.15) is 26.2 Å². The molecule has 11 heavy (non-hydrogen) atoms. The summed E-state index contributed by atoms with van der Waals surface area (Å²) in [5, 5.41) is 12.3. The van der Waals surface area contributed by atoms with Gasteiger partial charge in [0.15, 0.2) is 0 Å². The highest BCUT2D eigenvalue weighted by Crippen LogP contribution is 2.32. The van der Waals surface area contributed by atoms with Crippen molar-refractivity contribution in [2.45, 2.75) is 32.2 Å². The van der Waals surface area contributed by atoms with Gasteiger partial charge >= 0.3 is 0 Å². The molecule has 0 amide bonds. The van der Waals surface area contributed by atoms with Crippen LogP contribution in [0.2, 0.25) is 0 Å². The molecule has 1 aliphatic carbocycles. The zero-order chi connectivity index (χ0) is 8.27. The normalized spacial score (nSPS) is 24.3. The second-order valence-corrected chi connectivity index (χ2v) is 3.67. The van der Waals surface area contributed by atoms with Gasteiger partial charge in [-0.3, -0.25) is 0 Å². The summed E-state index contributed by atoms with van der Waals surface area (Å²) < 4.78 is 0. The van der Waals surface area contributed by atoms with Gasteiger partial charge in [0.25, 0.3) is 0 Å². The van der Waals surface area contributed by atoms with Gasteiger partial charge in [-0.1, -0.05) is 13.3 Å². The largest absolute Gasteiger partial charge is 0.396 e. The minimum absolute atomic E-state index is 0.308. The first-order chi connectivity index (χ1) is 5.29. The van der Waals surface area contributed by atoms with Crippen LogP contribution >= 0.6 is 0 Å². The van der Waals surface area contributed by atoms with Crippen LogP contribution in [0.25, 0.3) is 0 Å². The molecular formula is C9H19NO. The van der Waals surface area contributed by atoms with E-state index < -0.39 is 0 Å². The van der Waals surface area contributed by atoms with Gasteiger partial charge in [0.05, 0.1) is 0 Å². The van der Waals surface area contributed by atoms with Gasteiger partial charge in [-0.15, -0.1) is 0 Å². The number of aliphatic hydroxyl groups is 1. The fourth-order valence-corrected chi connectivity index (χ4v) is 1.90. The number of hydrogen-bond donors (Lipinski definition) is 2. The van der Waals surface area contributed by atoms with Crippen LogP contribution in [0.4, 0.5) is 0 Å². The lowest BCUT2D eigenvalue weighted by molar-refractivity contribution is 0.135. The van der Waals surface area contributed by atoms with E-state index in [0.717, 1.165) is 5.92 Å². The summed E-state index contributed by atoms with van der Waals surface area (Å²) in [4.78, 5) is 0. The monoisotopic (exact) mass is 157 g/mol. The average molecular weight is 157 g/mol. The highest BCUT2D eigenvalue weighted by Gasteiger charge is 2.29. The predicted molar refractivity (Wildman–Crippen MR) is 46.4 cm³/mol. The van der Waals surface area contributed by atoms with Crippen molar-refractivity contribution in [1.82, 2.24) is 5.32 Å². The van der Waals surface area contributed by atoms with Crippen LogP contribution in [0, 0.1) is 11.8 Å². The molecular weight excluding hydrogens is 138 g/mol. The van der Waals surface area contributed by atoms with E-state index in [9.17, 15) is 0 Å². The summed E-state index contributed by atoms with van der Waals surface area (Å²) in [5.41, 5.74) is 0. The summed E-state index contributed by atoms with van der Waals surface area (Å²) in [6.07, 6.45) is 4.06. The summed E-state index contributed by atoms with van der Waals surface area (Å²) in [5.74, 6) is 1.23. The molecule has 2 nitrogen and oxygen atoms in total. The molecule has 0 bridgehead atoms. The van der Waals surface area contributed by atoms with Gasteiger partial charge in [-0.25, -0.2) is 0 Å². The van der Waals surface area contributed by atoms with Crippen LogP contribution in [0.15, 0.2) is 0 Å². The van der Waals surface area contributed by atoms with Gasteiger partial charge in [-0.2, -0.15) is 0 Å². The van der Waals surface area contributed by atoms with Crippen LogP contribution in [-0.4, -0.2) is 24.8 Å². The second-order valence-electron chi connectivity index (χ2n) is 3.67. The van der Waals surface area contributed by atoms with Crippen molar-refractivity contribution in [2.75, 3.05) is 13.7 Å². The third kappa shape index (κ3) is 1.94. The third-order valence-corrected chi connectivity index (χ3v) is 2.89. The van der Waals surface area contributed by atoms with Crippen molar-refractivity contribution in [3.8, 4) is 0 Å². The highest BCUT2D eigenvalue weighted by molar-refractivity contribution is 4.84. The first-order valence-corrected chi connectivity index (χ1v) is 4.57. The Bertz CT molecular complexity index is 107. The molecule has 0 aromatic heterocycles. The average Bonchev–Trinajstić information content (AvgIpc) is 1.94. The van der Waals surface area contributed by atoms with Gasteiger partial charge in [0, 0.05) is 12.6 Å². The summed E-state index contributed by atoms with van der Waals surface area (Å²) >= 11 is 0. The standard InChI is InChI=1S/C9H19NO/c1-7(6-11)9(10-2)8-4-3-5-8/h7-11H,3-6H2,1-2H3. The summed E-state index contributed by atoms with van der Waals surface area (Å²) in [6, 6.07) is 0.536. The molecule has 0 saturated heterocycles. The summed E-state index contributed by atoms with van der Waals surface area (Å²) in [7, 11) is 2.00. The van der Waals surface area contributed by atoms with E-state index in [-0.39, 0.29) is 0 Å². The van der Waals surface area contributed by atoms with Crippen molar-refractivity contribution in [2.24, 2.45) is 11.8 Å². The van der Waals surface area contributed by atoms with Gasteiger partial charge in [0.2, 0.25) is 0 Å². The van der Waals surface area contributed by atoms with Crippen LogP contribution in [0.3, 0.4) is 0 Å².